The van der Waals surface area contributed by atoms with Crippen molar-refractivity contribution in [2.24, 2.45) is 0 Å². The Labute approximate surface area is 285 Å². The summed E-state index contributed by atoms with van der Waals surface area (Å²) in [6.07, 6.45) is 7.24. The van der Waals surface area contributed by atoms with E-state index in [1.54, 1.807) is 24.3 Å². The number of benzene rings is 4. The summed E-state index contributed by atoms with van der Waals surface area (Å²) in [5.74, 6) is 0. The van der Waals surface area contributed by atoms with Gasteiger partial charge in [0, 0.05) is 36.8 Å². The molecule has 6 rings (SSSR count). The summed E-state index contributed by atoms with van der Waals surface area (Å²) >= 11 is 0. The number of hydrogen-bond acceptors (Lipinski definition) is 4. The van der Waals surface area contributed by atoms with Crippen molar-refractivity contribution in [3.05, 3.63) is 130 Å². The SMILES string of the molecule is C[N+]1=C(CCCCC2=[N+](C)CCc3ccccc32)c2ccccc2CC1.Cc1ccc(S(=O)(=O)O)cc1.Cc1ccc(S(=O)(=O)O)cc1. The van der Waals surface area contributed by atoms with Gasteiger partial charge in [0.1, 0.15) is 27.2 Å². The van der Waals surface area contributed by atoms with Gasteiger partial charge in [0.25, 0.3) is 20.2 Å². The van der Waals surface area contributed by atoms with Crippen LogP contribution in [0, 0.1) is 13.8 Å². The van der Waals surface area contributed by atoms with E-state index in [0.717, 1.165) is 24.2 Å². The highest BCUT2D eigenvalue weighted by molar-refractivity contribution is 7.86. The molecule has 2 heterocycles. The molecule has 4 aromatic rings. The summed E-state index contributed by atoms with van der Waals surface area (Å²) in [4.78, 5) is -0.133. The predicted molar refractivity (Wildman–Crippen MR) is 191 cm³/mol. The molecule has 4 aromatic carbocycles. The molecule has 0 fully saturated rings. The highest BCUT2D eigenvalue weighted by atomic mass is 32.2. The van der Waals surface area contributed by atoms with Gasteiger partial charge < -0.3 is 0 Å². The second-order valence-corrected chi connectivity index (χ2v) is 15.2. The van der Waals surface area contributed by atoms with Gasteiger partial charge in [-0.25, -0.2) is 9.15 Å². The summed E-state index contributed by atoms with van der Waals surface area (Å²) in [6, 6.07) is 29.9. The molecule has 0 saturated carbocycles. The van der Waals surface area contributed by atoms with Crippen molar-refractivity contribution in [2.75, 3.05) is 27.2 Å². The third kappa shape index (κ3) is 10.3. The maximum Gasteiger partial charge on any atom is 0.294 e. The number of hydrogen-bond donors (Lipinski definition) is 2. The summed E-state index contributed by atoms with van der Waals surface area (Å²) in [7, 11) is -3.53. The Kier molecular flexibility index (Phi) is 12.6. The first-order valence-corrected chi connectivity index (χ1v) is 19.0. The van der Waals surface area contributed by atoms with E-state index in [9.17, 15) is 16.8 Å². The molecule has 2 aliphatic rings. The van der Waals surface area contributed by atoms with E-state index in [1.807, 2.05) is 13.8 Å². The molecule has 8 nitrogen and oxygen atoms in total. The van der Waals surface area contributed by atoms with Gasteiger partial charge in [-0.05, 0) is 74.2 Å². The third-order valence-corrected chi connectivity index (χ3v) is 10.5. The van der Waals surface area contributed by atoms with E-state index >= 15 is 0 Å². The molecular formula is C38H46N2O6S2+2. The van der Waals surface area contributed by atoms with Crippen molar-refractivity contribution in [1.82, 2.24) is 0 Å². The lowest BCUT2D eigenvalue weighted by Gasteiger charge is -2.17. The van der Waals surface area contributed by atoms with Crippen LogP contribution in [0.15, 0.2) is 107 Å². The second kappa shape index (κ2) is 16.4. The van der Waals surface area contributed by atoms with Crippen molar-refractivity contribution >= 4 is 31.7 Å². The standard InChI is InChI=1S/C24H30N2.2C7H8O3S/c1-25-17-15-19-9-3-5-11-21(19)23(25)13-7-8-14-24-22-12-6-4-10-20(22)16-18-26(24)2;2*1-6-2-4-7(5-3-6)11(8,9)10/h3-6,9-12H,7-8,13-18H2,1-2H3;2*2-5H,1H3,(H,8,9,10)/q+2;;. The van der Waals surface area contributed by atoms with Crippen LogP contribution in [0.5, 0.6) is 0 Å². The quantitative estimate of drug-likeness (QED) is 0.132. The van der Waals surface area contributed by atoms with Crippen molar-refractivity contribution in [3.63, 3.8) is 0 Å². The van der Waals surface area contributed by atoms with Crippen molar-refractivity contribution in [2.45, 2.75) is 62.2 Å². The lowest BCUT2D eigenvalue weighted by atomic mass is 9.91. The number of unbranched alkanes of at least 4 members (excludes halogenated alkanes) is 1. The molecule has 0 amide bonds. The average molecular weight is 691 g/mol. The van der Waals surface area contributed by atoms with Crippen molar-refractivity contribution in [3.8, 4) is 0 Å². The normalized spacial score (nSPS) is 14.2. The largest absolute Gasteiger partial charge is 0.294 e. The molecule has 0 saturated heterocycles. The number of nitrogens with zero attached hydrogens (tertiary/aromatic N) is 2. The summed E-state index contributed by atoms with van der Waals surface area (Å²) in [6.45, 7) is 5.99. The number of rotatable bonds is 7. The fourth-order valence-electron chi connectivity index (χ4n) is 5.95. The molecule has 0 unspecified atom stereocenters. The molecule has 2 aliphatic heterocycles. The zero-order chi connectivity index (χ0) is 34.9. The van der Waals surface area contributed by atoms with Crippen LogP contribution in [-0.2, 0) is 33.1 Å². The first-order chi connectivity index (χ1) is 22.7. The summed E-state index contributed by atoms with van der Waals surface area (Å²) in [5.41, 5.74) is 11.0. The lowest BCUT2D eigenvalue weighted by Crippen LogP contribution is -2.28. The fraction of sp³-hybridized carbons (Fsp3) is 0.316. The molecule has 254 valence electrons. The first-order valence-electron chi connectivity index (χ1n) is 16.1. The fourth-order valence-corrected chi connectivity index (χ4v) is 6.91. The number of fused-ring (bicyclic) bond motifs is 2. The molecule has 0 aliphatic carbocycles. The van der Waals surface area contributed by atoms with Crippen molar-refractivity contribution < 1.29 is 35.1 Å². The van der Waals surface area contributed by atoms with Crippen LogP contribution in [0.25, 0.3) is 0 Å². The first kappa shape index (κ1) is 36.9. The minimum atomic E-state index is -4.02. The van der Waals surface area contributed by atoms with Gasteiger partial charge in [0.15, 0.2) is 11.4 Å². The molecule has 2 N–H and O–H groups in total. The van der Waals surface area contributed by atoms with Crippen LogP contribution in [0.2, 0.25) is 0 Å². The van der Waals surface area contributed by atoms with Gasteiger partial charge in [-0.1, -0.05) is 71.8 Å². The molecule has 0 spiro atoms. The zero-order valence-corrected chi connectivity index (χ0v) is 29.8. The maximum atomic E-state index is 10.5. The van der Waals surface area contributed by atoms with Crippen LogP contribution in [0.3, 0.4) is 0 Å². The Morgan fingerprint density at radius 3 is 1.21 bits per heavy atom. The van der Waals surface area contributed by atoms with Crippen LogP contribution in [-0.4, -0.2) is 73.7 Å². The minimum Gasteiger partial charge on any atom is -0.282 e. The highest BCUT2D eigenvalue weighted by Gasteiger charge is 2.24. The molecule has 48 heavy (non-hydrogen) atoms. The number of aryl methyl sites for hydroxylation is 2. The second-order valence-electron chi connectivity index (χ2n) is 12.3. The van der Waals surface area contributed by atoms with E-state index in [2.05, 4.69) is 71.8 Å². The Hall–Kier alpha value is -3.96. The molecule has 0 atom stereocenters. The van der Waals surface area contributed by atoms with Crippen LogP contribution < -0.4 is 0 Å². The molecular weight excluding hydrogens is 645 g/mol. The number of likely N-dealkylation sites (N-methyl/N-ethyl adjacent to an activating group) is 2. The van der Waals surface area contributed by atoms with Gasteiger partial charge in [-0.15, -0.1) is 0 Å². The summed E-state index contributed by atoms with van der Waals surface area (Å²) < 4.78 is 64.0. The van der Waals surface area contributed by atoms with E-state index < -0.39 is 20.2 Å². The van der Waals surface area contributed by atoms with Crippen LogP contribution in [0.4, 0.5) is 0 Å². The van der Waals surface area contributed by atoms with E-state index in [0.29, 0.717) is 0 Å². The van der Waals surface area contributed by atoms with Gasteiger partial charge in [-0.3, -0.25) is 9.11 Å². The Morgan fingerprint density at radius 2 is 0.875 bits per heavy atom. The van der Waals surface area contributed by atoms with E-state index in [1.165, 1.54) is 96.5 Å². The molecule has 0 radical (unpaired) electrons. The van der Waals surface area contributed by atoms with Crippen LogP contribution in [0.1, 0.15) is 59.1 Å². The Bertz CT molecular complexity index is 1850. The summed E-state index contributed by atoms with van der Waals surface area (Å²) in [5, 5.41) is 0. The minimum absolute atomic E-state index is 0.0666. The topological polar surface area (TPSA) is 115 Å². The van der Waals surface area contributed by atoms with Gasteiger partial charge in [0.2, 0.25) is 0 Å². The molecule has 0 aromatic heterocycles. The smallest absolute Gasteiger partial charge is 0.282 e. The van der Waals surface area contributed by atoms with Gasteiger partial charge in [-0.2, -0.15) is 16.8 Å². The Balaban J connectivity index is 0.000000195. The van der Waals surface area contributed by atoms with Crippen LogP contribution >= 0.6 is 0 Å². The van der Waals surface area contributed by atoms with Gasteiger partial charge in [0.05, 0.1) is 9.79 Å². The van der Waals surface area contributed by atoms with Gasteiger partial charge >= 0.3 is 0 Å². The molecule has 10 heteroatoms. The van der Waals surface area contributed by atoms with Crippen molar-refractivity contribution in [1.29, 1.82) is 0 Å². The average Bonchev–Trinajstić information content (AvgIpc) is 3.05. The third-order valence-electron chi connectivity index (χ3n) is 8.73. The highest BCUT2D eigenvalue weighted by Crippen LogP contribution is 2.21. The molecule has 0 bridgehead atoms. The Morgan fingerprint density at radius 1 is 0.542 bits per heavy atom. The monoisotopic (exact) mass is 690 g/mol. The predicted octanol–water partition coefficient (Wildman–Crippen LogP) is 6.41. The van der Waals surface area contributed by atoms with E-state index in [-0.39, 0.29) is 9.79 Å². The maximum absolute atomic E-state index is 10.5. The lowest BCUT2D eigenvalue weighted by molar-refractivity contribution is -0.499. The van der Waals surface area contributed by atoms with E-state index in [4.69, 9.17) is 9.11 Å². The zero-order valence-electron chi connectivity index (χ0n) is 28.1.